The summed E-state index contributed by atoms with van der Waals surface area (Å²) in [5.41, 5.74) is 5.26. The van der Waals surface area contributed by atoms with Crippen molar-refractivity contribution in [3.63, 3.8) is 0 Å². The lowest BCUT2D eigenvalue weighted by molar-refractivity contribution is -0.136. The Morgan fingerprint density at radius 1 is 1.07 bits per heavy atom. The lowest BCUT2D eigenvalue weighted by atomic mass is 9.49. The second-order valence-corrected chi connectivity index (χ2v) is 9.28. The maximum atomic E-state index is 12.5. The monoisotopic (exact) mass is 390 g/mol. The summed E-state index contributed by atoms with van der Waals surface area (Å²) in [5, 5.41) is 0.608. The van der Waals surface area contributed by atoms with Crippen LogP contribution in [0.3, 0.4) is 0 Å². The van der Waals surface area contributed by atoms with Crippen molar-refractivity contribution in [3.05, 3.63) is 29.3 Å². The summed E-state index contributed by atoms with van der Waals surface area (Å²) >= 11 is 5.84. The standard InChI is InChI=1S/C21H27ClN2O3/c1-13(27-18-4-2-17(22)3-5-18)20(26)24-23-19(25)12-21-9-14-6-15(10-21)8-16(7-14)11-21/h2-5,13-16H,6-12H2,1H3,(H,23,25)(H,24,26)/t13-,14?,15?,16?,21?/m0/s1. The van der Waals surface area contributed by atoms with E-state index in [4.69, 9.17) is 16.3 Å². The van der Waals surface area contributed by atoms with Gasteiger partial charge in [-0.25, -0.2) is 0 Å². The zero-order valence-electron chi connectivity index (χ0n) is 15.7. The van der Waals surface area contributed by atoms with Crippen molar-refractivity contribution in [3.8, 4) is 5.75 Å². The third-order valence-electron chi connectivity index (χ3n) is 6.52. The van der Waals surface area contributed by atoms with Crippen LogP contribution in [0.25, 0.3) is 0 Å². The van der Waals surface area contributed by atoms with Gasteiger partial charge in [0.2, 0.25) is 5.91 Å². The molecule has 0 aromatic heterocycles. The van der Waals surface area contributed by atoms with Crippen molar-refractivity contribution in [1.82, 2.24) is 10.9 Å². The number of benzene rings is 1. The topological polar surface area (TPSA) is 67.4 Å². The van der Waals surface area contributed by atoms with Gasteiger partial charge in [-0.15, -0.1) is 0 Å². The minimum absolute atomic E-state index is 0.0935. The van der Waals surface area contributed by atoms with Crippen LogP contribution in [0.5, 0.6) is 5.75 Å². The fourth-order valence-corrected chi connectivity index (χ4v) is 6.02. The van der Waals surface area contributed by atoms with Crippen LogP contribution in [-0.2, 0) is 9.59 Å². The Morgan fingerprint density at radius 2 is 1.63 bits per heavy atom. The van der Waals surface area contributed by atoms with Crippen LogP contribution < -0.4 is 15.6 Å². The van der Waals surface area contributed by atoms with Gasteiger partial charge in [-0.1, -0.05) is 11.6 Å². The highest BCUT2D eigenvalue weighted by molar-refractivity contribution is 6.30. The Morgan fingerprint density at radius 3 is 2.19 bits per heavy atom. The molecule has 6 heteroatoms. The molecule has 0 radical (unpaired) electrons. The second-order valence-electron chi connectivity index (χ2n) is 8.85. The number of rotatable bonds is 5. The molecule has 1 aromatic rings. The normalized spacial score (nSPS) is 32.0. The number of ether oxygens (including phenoxy) is 1. The molecule has 0 saturated heterocycles. The highest BCUT2D eigenvalue weighted by atomic mass is 35.5. The molecule has 4 bridgehead atoms. The summed E-state index contributed by atoms with van der Waals surface area (Å²) in [5.74, 6) is 2.53. The first-order valence-electron chi connectivity index (χ1n) is 9.92. The number of nitrogens with one attached hydrogen (secondary N) is 2. The summed E-state index contributed by atoms with van der Waals surface area (Å²) < 4.78 is 5.58. The molecule has 4 aliphatic rings. The largest absolute Gasteiger partial charge is 0.481 e. The Hall–Kier alpha value is -1.75. The molecule has 4 aliphatic carbocycles. The number of carbonyl (C=O) groups excluding carboxylic acids is 2. The van der Waals surface area contributed by atoms with Gasteiger partial charge in [0.1, 0.15) is 5.75 Å². The fraction of sp³-hybridized carbons (Fsp3) is 0.619. The van der Waals surface area contributed by atoms with Crippen LogP contribution in [0, 0.1) is 23.2 Å². The van der Waals surface area contributed by atoms with Crippen LogP contribution in [0.4, 0.5) is 0 Å². The number of carbonyl (C=O) groups is 2. The van der Waals surface area contributed by atoms with Crippen LogP contribution in [0.1, 0.15) is 51.9 Å². The third kappa shape index (κ3) is 4.23. The van der Waals surface area contributed by atoms with E-state index in [1.54, 1.807) is 31.2 Å². The third-order valence-corrected chi connectivity index (χ3v) is 6.77. The summed E-state index contributed by atoms with van der Waals surface area (Å²) in [7, 11) is 0. The first-order chi connectivity index (χ1) is 12.9. The molecule has 2 N–H and O–H groups in total. The minimum Gasteiger partial charge on any atom is -0.481 e. The van der Waals surface area contributed by atoms with E-state index >= 15 is 0 Å². The maximum absolute atomic E-state index is 12.5. The molecule has 0 heterocycles. The quantitative estimate of drug-likeness (QED) is 0.750. The molecule has 0 unspecified atom stereocenters. The van der Waals surface area contributed by atoms with Crippen molar-refractivity contribution in [1.29, 1.82) is 0 Å². The number of hydrazine groups is 1. The van der Waals surface area contributed by atoms with Crippen LogP contribution in [-0.4, -0.2) is 17.9 Å². The maximum Gasteiger partial charge on any atom is 0.279 e. The lowest BCUT2D eigenvalue weighted by Gasteiger charge is -2.56. The Kier molecular flexibility index (Phi) is 5.06. The van der Waals surface area contributed by atoms with E-state index in [2.05, 4.69) is 10.9 Å². The Labute approximate surface area is 165 Å². The number of halogens is 1. The molecular weight excluding hydrogens is 364 g/mol. The van der Waals surface area contributed by atoms with Crippen molar-refractivity contribution in [2.24, 2.45) is 23.2 Å². The van der Waals surface area contributed by atoms with E-state index in [9.17, 15) is 9.59 Å². The molecule has 2 amide bonds. The lowest BCUT2D eigenvalue weighted by Crippen LogP contribution is -2.51. The molecule has 5 nitrogen and oxygen atoms in total. The van der Waals surface area contributed by atoms with Crippen LogP contribution in [0.15, 0.2) is 24.3 Å². The van der Waals surface area contributed by atoms with Crippen LogP contribution in [0.2, 0.25) is 5.02 Å². The Balaban J connectivity index is 1.25. The SMILES string of the molecule is C[C@H](Oc1ccc(Cl)cc1)C(=O)NNC(=O)CC12CC3CC(CC(C3)C1)C2. The van der Waals surface area contributed by atoms with E-state index in [0.717, 1.165) is 17.8 Å². The van der Waals surface area contributed by atoms with Crippen molar-refractivity contribution < 1.29 is 14.3 Å². The van der Waals surface area contributed by atoms with Gasteiger partial charge in [0.25, 0.3) is 5.91 Å². The van der Waals surface area contributed by atoms with Gasteiger partial charge in [-0.05, 0) is 92.9 Å². The van der Waals surface area contributed by atoms with Gasteiger partial charge in [-0.3, -0.25) is 20.4 Å². The molecule has 146 valence electrons. The highest BCUT2D eigenvalue weighted by Crippen LogP contribution is 2.61. The zero-order valence-corrected chi connectivity index (χ0v) is 16.4. The molecule has 1 aromatic carbocycles. The van der Waals surface area contributed by atoms with Gasteiger partial charge in [0, 0.05) is 11.4 Å². The van der Waals surface area contributed by atoms with Crippen molar-refractivity contribution >= 4 is 23.4 Å². The Bertz CT molecular complexity index is 683. The highest BCUT2D eigenvalue weighted by Gasteiger charge is 2.51. The molecule has 0 spiro atoms. The van der Waals surface area contributed by atoms with Gasteiger partial charge >= 0.3 is 0 Å². The molecule has 4 fully saturated rings. The van der Waals surface area contributed by atoms with Gasteiger partial charge < -0.3 is 4.74 Å². The summed E-state index contributed by atoms with van der Waals surface area (Å²) in [6.45, 7) is 1.65. The van der Waals surface area contributed by atoms with Crippen molar-refractivity contribution in [2.75, 3.05) is 0 Å². The number of hydrogen-bond acceptors (Lipinski definition) is 3. The average Bonchev–Trinajstić information content (AvgIpc) is 2.60. The number of amides is 2. The second kappa shape index (κ2) is 7.34. The predicted molar refractivity (Wildman–Crippen MR) is 103 cm³/mol. The van der Waals surface area contributed by atoms with E-state index in [-0.39, 0.29) is 17.2 Å². The fourth-order valence-electron chi connectivity index (χ4n) is 5.90. The molecular formula is C21H27ClN2O3. The molecule has 5 rings (SSSR count). The van der Waals surface area contributed by atoms with E-state index in [1.165, 1.54) is 38.5 Å². The summed E-state index contributed by atoms with van der Waals surface area (Å²) in [6, 6.07) is 6.82. The molecule has 0 aliphatic heterocycles. The van der Waals surface area contributed by atoms with E-state index < -0.39 is 6.10 Å². The van der Waals surface area contributed by atoms with Gasteiger partial charge in [0.05, 0.1) is 0 Å². The van der Waals surface area contributed by atoms with E-state index in [1.807, 2.05) is 0 Å². The van der Waals surface area contributed by atoms with Crippen molar-refractivity contribution in [2.45, 2.75) is 58.0 Å². The minimum atomic E-state index is -0.717. The van der Waals surface area contributed by atoms with E-state index in [0.29, 0.717) is 17.2 Å². The van der Waals surface area contributed by atoms with Gasteiger partial charge in [0.15, 0.2) is 6.10 Å². The number of hydrogen-bond donors (Lipinski definition) is 2. The van der Waals surface area contributed by atoms with Crippen LogP contribution >= 0.6 is 11.6 Å². The zero-order chi connectivity index (χ0) is 19.0. The molecule has 4 saturated carbocycles. The first-order valence-corrected chi connectivity index (χ1v) is 10.3. The average molecular weight is 391 g/mol. The van der Waals surface area contributed by atoms with Gasteiger partial charge in [-0.2, -0.15) is 0 Å². The molecule has 1 atom stereocenters. The molecule has 27 heavy (non-hydrogen) atoms. The summed E-state index contributed by atoms with van der Waals surface area (Å²) in [6.07, 6.45) is 7.41. The smallest absolute Gasteiger partial charge is 0.279 e. The summed E-state index contributed by atoms with van der Waals surface area (Å²) in [4.78, 5) is 24.7. The first kappa shape index (κ1) is 18.6. The predicted octanol–water partition coefficient (Wildman–Crippen LogP) is 3.86.